The molecule has 43 heavy (non-hydrogen) atoms. The minimum atomic E-state index is -0.108. The van der Waals surface area contributed by atoms with Gasteiger partial charge in [0, 0.05) is 5.41 Å². The van der Waals surface area contributed by atoms with Crippen molar-refractivity contribution in [1.29, 1.82) is 0 Å². The van der Waals surface area contributed by atoms with E-state index in [1.54, 1.807) is 11.1 Å². The molecule has 0 nitrogen and oxygen atoms in total. The topological polar surface area (TPSA) is 0 Å². The van der Waals surface area contributed by atoms with Gasteiger partial charge in [-0.3, -0.25) is 0 Å². The number of rotatable bonds is 2. The van der Waals surface area contributed by atoms with Crippen molar-refractivity contribution in [3.05, 3.63) is 155 Å². The van der Waals surface area contributed by atoms with E-state index in [0.717, 1.165) is 12.8 Å². The zero-order chi connectivity index (χ0) is 28.4. The predicted octanol–water partition coefficient (Wildman–Crippen LogP) is 11.1. The van der Waals surface area contributed by atoms with Crippen molar-refractivity contribution >= 4 is 21.5 Å². The van der Waals surface area contributed by atoms with Gasteiger partial charge in [0.25, 0.3) is 0 Å². The maximum absolute atomic E-state index is 2.51. The van der Waals surface area contributed by atoms with Gasteiger partial charge in [-0.25, -0.2) is 0 Å². The molecule has 0 heterocycles. The average molecular weight is 547 g/mol. The smallest absolute Gasteiger partial charge is 0.0165 e. The Balaban J connectivity index is 1.45. The van der Waals surface area contributed by atoms with Crippen molar-refractivity contribution in [3.8, 4) is 44.5 Å². The van der Waals surface area contributed by atoms with Crippen LogP contribution in [-0.4, -0.2) is 0 Å². The lowest BCUT2D eigenvalue weighted by Gasteiger charge is -2.28. The Labute approximate surface area is 252 Å². The molecule has 0 aliphatic heterocycles. The number of fused-ring (bicyclic) bond motifs is 8. The first-order valence-electron chi connectivity index (χ1n) is 15.6. The molecule has 0 spiro atoms. The average Bonchev–Trinajstić information content (AvgIpc) is 3.68. The highest BCUT2D eigenvalue weighted by atomic mass is 14.5. The molecule has 0 saturated heterocycles. The molecule has 0 unspecified atom stereocenters. The molecule has 10 rings (SSSR count). The lowest BCUT2D eigenvalue weighted by Crippen LogP contribution is -2.20. The third kappa shape index (κ3) is 2.87. The molecule has 0 radical (unpaired) electrons. The second-order valence-electron chi connectivity index (χ2n) is 13.1. The van der Waals surface area contributed by atoms with Gasteiger partial charge in [-0.15, -0.1) is 0 Å². The maximum Gasteiger partial charge on any atom is 0.0165 e. The Morgan fingerprint density at radius 3 is 1.26 bits per heavy atom. The molecular weight excluding hydrogens is 516 g/mol. The standard InChI is InChI=1S/C43H30/c1-43(2)41-33-23-27-17-9-11-19-29(27)37(33)35(25-13-5-3-6-14-25)31-21-22-32-36(26-15-7-4-8-16-26)38-30-20-12-10-18-28(30)24-34(38)42(43)40(32)39(31)41/h3-22H,23-24H2,1-2H3. The van der Waals surface area contributed by atoms with E-state index in [-0.39, 0.29) is 5.41 Å². The molecule has 3 aliphatic carbocycles. The monoisotopic (exact) mass is 546 g/mol. The molecular formula is C43H30. The first-order valence-corrected chi connectivity index (χ1v) is 15.6. The van der Waals surface area contributed by atoms with Crippen LogP contribution in [0.1, 0.15) is 47.2 Å². The van der Waals surface area contributed by atoms with Crippen molar-refractivity contribution in [2.45, 2.75) is 32.1 Å². The van der Waals surface area contributed by atoms with Crippen LogP contribution in [0, 0.1) is 0 Å². The van der Waals surface area contributed by atoms with Gasteiger partial charge in [-0.2, -0.15) is 0 Å². The van der Waals surface area contributed by atoms with Crippen molar-refractivity contribution in [3.63, 3.8) is 0 Å². The van der Waals surface area contributed by atoms with Crippen LogP contribution in [0.25, 0.3) is 66.1 Å². The van der Waals surface area contributed by atoms with Crippen molar-refractivity contribution < 1.29 is 0 Å². The van der Waals surface area contributed by atoms with Crippen LogP contribution in [0.15, 0.2) is 121 Å². The van der Waals surface area contributed by atoms with Gasteiger partial charge in [-0.05, 0) is 112 Å². The molecule has 0 saturated carbocycles. The van der Waals surface area contributed by atoms with E-state index in [1.165, 1.54) is 88.3 Å². The van der Waals surface area contributed by atoms with Crippen LogP contribution in [0.5, 0.6) is 0 Å². The summed E-state index contributed by atoms with van der Waals surface area (Å²) in [6.07, 6.45) is 2.00. The SMILES string of the molecule is CC1(C)c2c3c(c(-c4ccccc4)c4ccc5c(-c6ccccc6)c6c(c1c5c24)Cc1ccccc1-6)-c1ccccc1C3. The molecule has 0 bridgehead atoms. The molecule has 0 aromatic heterocycles. The van der Waals surface area contributed by atoms with Crippen LogP contribution < -0.4 is 0 Å². The predicted molar refractivity (Wildman–Crippen MR) is 181 cm³/mol. The van der Waals surface area contributed by atoms with Gasteiger partial charge in [0.1, 0.15) is 0 Å². The molecule has 0 fully saturated rings. The maximum atomic E-state index is 2.51. The minimum Gasteiger partial charge on any atom is -0.0622 e. The fraction of sp³-hybridized carbons (Fsp3) is 0.116. The minimum absolute atomic E-state index is 0.108. The summed E-state index contributed by atoms with van der Waals surface area (Å²) in [5.41, 5.74) is 20.1. The second-order valence-corrected chi connectivity index (χ2v) is 13.1. The summed E-state index contributed by atoms with van der Waals surface area (Å²) < 4.78 is 0. The fourth-order valence-corrected chi connectivity index (χ4v) is 9.14. The molecule has 3 aliphatic rings. The van der Waals surface area contributed by atoms with E-state index >= 15 is 0 Å². The Kier molecular flexibility index (Phi) is 4.45. The highest BCUT2D eigenvalue weighted by Gasteiger charge is 2.44. The van der Waals surface area contributed by atoms with Crippen LogP contribution in [0.4, 0.5) is 0 Å². The Morgan fingerprint density at radius 2 is 0.814 bits per heavy atom. The van der Waals surface area contributed by atoms with Crippen LogP contribution in [0.3, 0.4) is 0 Å². The summed E-state index contributed by atoms with van der Waals surface area (Å²) >= 11 is 0. The molecule has 0 atom stereocenters. The molecule has 7 aromatic carbocycles. The first-order chi connectivity index (χ1) is 21.1. The third-order valence-corrected chi connectivity index (χ3v) is 10.6. The lowest BCUT2D eigenvalue weighted by atomic mass is 9.74. The van der Waals surface area contributed by atoms with E-state index in [9.17, 15) is 0 Å². The zero-order valence-electron chi connectivity index (χ0n) is 24.5. The van der Waals surface area contributed by atoms with E-state index < -0.39 is 0 Å². The van der Waals surface area contributed by atoms with Gasteiger partial charge in [0.15, 0.2) is 0 Å². The van der Waals surface area contributed by atoms with Crippen LogP contribution >= 0.6 is 0 Å². The third-order valence-electron chi connectivity index (χ3n) is 10.6. The Hall–Kier alpha value is -4.94. The molecule has 7 aromatic rings. The lowest BCUT2D eigenvalue weighted by molar-refractivity contribution is 0.651. The van der Waals surface area contributed by atoms with Crippen molar-refractivity contribution in [1.82, 2.24) is 0 Å². The fourth-order valence-electron chi connectivity index (χ4n) is 9.14. The summed E-state index contributed by atoms with van der Waals surface area (Å²) in [6, 6.07) is 45.4. The molecule has 0 heteroatoms. The van der Waals surface area contributed by atoms with Crippen LogP contribution in [-0.2, 0) is 18.3 Å². The van der Waals surface area contributed by atoms with Gasteiger partial charge in [-0.1, -0.05) is 135 Å². The summed E-state index contributed by atoms with van der Waals surface area (Å²) in [7, 11) is 0. The Bertz CT molecular complexity index is 2170. The normalized spacial score (nSPS) is 14.7. The largest absolute Gasteiger partial charge is 0.0622 e. The molecule has 202 valence electrons. The molecule has 0 N–H and O–H groups in total. The van der Waals surface area contributed by atoms with Crippen molar-refractivity contribution in [2.24, 2.45) is 0 Å². The Morgan fingerprint density at radius 1 is 0.419 bits per heavy atom. The van der Waals surface area contributed by atoms with E-state index in [1.807, 2.05) is 0 Å². The summed E-state index contributed by atoms with van der Waals surface area (Å²) in [5.74, 6) is 0. The van der Waals surface area contributed by atoms with Gasteiger partial charge in [0.2, 0.25) is 0 Å². The highest BCUT2D eigenvalue weighted by molar-refractivity contribution is 6.26. The summed E-state index contributed by atoms with van der Waals surface area (Å²) in [6.45, 7) is 5.01. The summed E-state index contributed by atoms with van der Waals surface area (Å²) in [5, 5.41) is 5.76. The first kappa shape index (κ1) is 23.6. The van der Waals surface area contributed by atoms with E-state index in [4.69, 9.17) is 0 Å². The van der Waals surface area contributed by atoms with E-state index in [2.05, 4.69) is 135 Å². The van der Waals surface area contributed by atoms with Crippen LogP contribution in [0.2, 0.25) is 0 Å². The number of hydrogen-bond donors (Lipinski definition) is 0. The number of benzene rings is 7. The summed E-state index contributed by atoms with van der Waals surface area (Å²) in [4.78, 5) is 0. The van der Waals surface area contributed by atoms with Gasteiger partial charge >= 0.3 is 0 Å². The quantitative estimate of drug-likeness (QED) is 0.189. The van der Waals surface area contributed by atoms with Gasteiger partial charge < -0.3 is 0 Å². The zero-order valence-corrected chi connectivity index (χ0v) is 24.5. The molecule has 0 amide bonds. The number of hydrogen-bond acceptors (Lipinski definition) is 0. The highest BCUT2D eigenvalue weighted by Crippen LogP contribution is 2.62. The second kappa shape index (κ2) is 8.12. The van der Waals surface area contributed by atoms with Gasteiger partial charge in [0.05, 0.1) is 0 Å². The van der Waals surface area contributed by atoms with E-state index in [0.29, 0.717) is 0 Å². The van der Waals surface area contributed by atoms with Crippen molar-refractivity contribution in [2.75, 3.05) is 0 Å².